The van der Waals surface area contributed by atoms with Crippen LogP contribution in [0.25, 0.3) is 0 Å². The Hall–Kier alpha value is -3.57. The van der Waals surface area contributed by atoms with E-state index < -0.39 is 65.3 Å². The number of urea groups is 1. The van der Waals surface area contributed by atoms with Crippen molar-refractivity contribution >= 4 is 17.8 Å². The van der Waals surface area contributed by atoms with Crippen LogP contribution >= 0.6 is 0 Å². The summed E-state index contributed by atoms with van der Waals surface area (Å²) in [5, 5.41) is 4.80. The van der Waals surface area contributed by atoms with Crippen LogP contribution in [0.3, 0.4) is 0 Å². The van der Waals surface area contributed by atoms with Crippen LogP contribution in [0.2, 0.25) is 0 Å². The van der Waals surface area contributed by atoms with Gasteiger partial charge in [-0.25, -0.2) is 27.2 Å². The summed E-state index contributed by atoms with van der Waals surface area (Å²) in [5.41, 5.74) is -1.85. The van der Waals surface area contributed by atoms with Crippen molar-refractivity contribution in [3.63, 3.8) is 0 Å². The van der Waals surface area contributed by atoms with Crippen LogP contribution in [0.1, 0.15) is 35.6 Å². The van der Waals surface area contributed by atoms with E-state index in [1.165, 1.54) is 12.1 Å². The Balaban J connectivity index is 1.92. The largest absolute Gasteiger partial charge is 0.463 e. The average Bonchev–Trinajstić information content (AvgIpc) is 3.56. The van der Waals surface area contributed by atoms with Crippen LogP contribution in [0.15, 0.2) is 42.5 Å². The highest BCUT2D eigenvalue weighted by Gasteiger charge is 2.54. The normalized spacial score (nSPS) is 15.3. The minimum atomic E-state index is -4.42. The number of amides is 2. The van der Waals surface area contributed by atoms with Crippen LogP contribution < -0.4 is 10.6 Å². The van der Waals surface area contributed by atoms with E-state index in [9.17, 15) is 40.7 Å². The van der Waals surface area contributed by atoms with Gasteiger partial charge in [0, 0.05) is 6.42 Å². The zero-order valence-corrected chi connectivity index (χ0v) is 18.2. The molecule has 0 unspecified atom stereocenters. The van der Waals surface area contributed by atoms with Crippen molar-refractivity contribution in [1.82, 2.24) is 10.6 Å². The maximum absolute atomic E-state index is 14.3. The molecule has 0 aromatic heterocycles. The monoisotopic (exact) mass is 502 g/mol. The van der Waals surface area contributed by atoms with E-state index in [0.717, 1.165) is 31.4 Å². The molecule has 1 atom stereocenters. The number of benzene rings is 2. The van der Waals surface area contributed by atoms with E-state index in [-0.39, 0.29) is 24.0 Å². The van der Waals surface area contributed by atoms with E-state index >= 15 is 0 Å². The first-order valence-corrected chi connectivity index (χ1v) is 10.3. The molecule has 2 aromatic rings. The number of hydrogen-bond acceptors (Lipinski definition) is 4. The number of carbonyl (C=O) groups is 3. The van der Waals surface area contributed by atoms with Crippen LogP contribution in [-0.4, -0.2) is 42.8 Å². The first-order chi connectivity index (χ1) is 16.4. The van der Waals surface area contributed by atoms with E-state index in [2.05, 4.69) is 15.4 Å². The lowest BCUT2D eigenvalue weighted by molar-refractivity contribution is -0.152. The van der Waals surface area contributed by atoms with Crippen LogP contribution in [0.4, 0.5) is 31.1 Å². The van der Waals surface area contributed by atoms with Crippen molar-refractivity contribution in [3.05, 3.63) is 70.8 Å². The number of carbonyl (C=O) groups excluding carboxylic acids is 3. The maximum Gasteiger partial charge on any atom is 0.376 e. The third-order valence-corrected chi connectivity index (χ3v) is 5.46. The summed E-state index contributed by atoms with van der Waals surface area (Å²) in [6, 6.07) is 4.90. The van der Waals surface area contributed by atoms with Crippen molar-refractivity contribution in [2.24, 2.45) is 0 Å². The summed E-state index contributed by atoms with van der Waals surface area (Å²) in [7, 11) is 1.00. The van der Waals surface area contributed by atoms with Gasteiger partial charge in [-0.3, -0.25) is 4.79 Å². The Morgan fingerprint density at radius 3 is 2.17 bits per heavy atom. The zero-order chi connectivity index (χ0) is 26.0. The van der Waals surface area contributed by atoms with Gasteiger partial charge in [0.1, 0.15) is 17.2 Å². The fourth-order valence-corrected chi connectivity index (χ4v) is 3.51. The molecule has 0 bridgehead atoms. The highest BCUT2D eigenvalue weighted by molar-refractivity contribution is 6.38. The molecule has 1 aliphatic carbocycles. The summed E-state index contributed by atoms with van der Waals surface area (Å²) in [6.45, 7) is 0. The minimum absolute atomic E-state index is 0.101. The lowest BCUT2D eigenvalue weighted by atomic mass is 9.95. The number of Topliss-reactive ketones (excluding diaryl/α,β-unsaturated/α-hetero) is 1. The highest BCUT2D eigenvalue weighted by Crippen LogP contribution is 2.37. The highest BCUT2D eigenvalue weighted by atomic mass is 19.3. The lowest BCUT2D eigenvalue weighted by Crippen LogP contribution is -2.51. The molecule has 0 aliphatic heterocycles. The molecule has 1 aliphatic rings. The molecule has 188 valence electrons. The second kappa shape index (κ2) is 9.96. The number of ether oxygens (including phenoxy) is 1. The number of halogens is 6. The Morgan fingerprint density at radius 1 is 1.00 bits per heavy atom. The predicted molar refractivity (Wildman–Crippen MR) is 110 cm³/mol. The van der Waals surface area contributed by atoms with Gasteiger partial charge in [-0.05, 0) is 53.8 Å². The van der Waals surface area contributed by atoms with Crippen LogP contribution in [0, 0.1) is 11.6 Å². The molecule has 6 nitrogen and oxygen atoms in total. The molecule has 1 saturated carbocycles. The van der Waals surface area contributed by atoms with Gasteiger partial charge in [-0.15, -0.1) is 0 Å². The summed E-state index contributed by atoms with van der Waals surface area (Å²) < 4.78 is 84.5. The van der Waals surface area contributed by atoms with E-state index in [4.69, 9.17) is 0 Å². The molecule has 0 heterocycles. The van der Waals surface area contributed by atoms with E-state index in [0.29, 0.717) is 6.07 Å². The molecule has 0 radical (unpaired) electrons. The molecule has 3 rings (SSSR count). The first-order valence-electron chi connectivity index (χ1n) is 10.3. The Kier molecular flexibility index (Phi) is 7.41. The zero-order valence-electron chi connectivity index (χ0n) is 18.2. The second-order valence-electron chi connectivity index (χ2n) is 8.12. The molecule has 0 spiro atoms. The number of methoxy groups -OCH3 is 1. The first kappa shape index (κ1) is 26.0. The molecular weight excluding hydrogens is 482 g/mol. The topological polar surface area (TPSA) is 84.5 Å². The van der Waals surface area contributed by atoms with E-state index in [1.54, 1.807) is 0 Å². The van der Waals surface area contributed by atoms with Gasteiger partial charge in [0.2, 0.25) is 0 Å². The number of nitrogens with one attached hydrogen (secondary N) is 2. The quantitative estimate of drug-likeness (QED) is 0.308. The smallest absolute Gasteiger partial charge is 0.376 e. The molecule has 2 amide bonds. The number of rotatable bonds is 9. The summed E-state index contributed by atoms with van der Waals surface area (Å²) >= 11 is 0. The molecule has 35 heavy (non-hydrogen) atoms. The van der Waals surface area contributed by atoms with E-state index in [1.807, 2.05) is 0 Å². The van der Waals surface area contributed by atoms with Crippen LogP contribution in [-0.2, 0) is 20.7 Å². The molecule has 12 heteroatoms. The SMILES string of the molecule is COC(=O)C(=O)C1(NC(=O)N[C@H](c2ccc(F)cc2)c2cc(F)cc(CC(F)(F)C(F)F)c2)CC1. The molecule has 1 fully saturated rings. The third-order valence-electron chi connectivity index (χ3n) is 5.46. The van der Waals surface area contributed by atoms with Gasteiger partial charge < -0.3 is 15.4 Å². The standard InChI is InChI=1S/C23H20F6N2O4/c1-35-19(33)18(32)22(6-7-22)31-21(34)30-17(13-2-4-15(24)5-3-13)14-8-12(9-16(25)10-14)11-23(28,29)20(26)27/h2-5,8-10,17,20H,6-7,11H2,1H3,(H2,30,31,34)/t17-/m1/s1. The van der Waals surface area contributed by atoms with Crippen LogP contribution in [0.5, 0.6) is 0 Å². The predicted octanol–water partition coefficient (Wildman–Crippen LogP) is 4.07. The number of ketones is 1. The van der Waals surface area contributed by atoms with Gasteiger partial charge in [0.05, 0.1) is 13.2 Å². The summed E-state index contributed by atoms with van der Waals surface area (Å²) in [6.07, 6.45) is -5.13. The maximum atomic E-state index is 14.3. The number of alkyl halides is 4. The van der Waals surface area contributed by atoms with Gasteiger partial charge in [0.25, 0.3) is 5.78 Å². The fraction of sp³-hybridized carbons (Fsp3) is 0.348. The van der Waals surface area contributed by atoms with Crippen molar-refractivity contribution < 1.29 is 45.5 Å². The summed E-state index contributed by atoms with van der Waals surface area (Å²) in [4.78, 5) is 36.5. The second-order valence-corrected chi connectivity index (χ2v) is 8.12. The minimum Gasteiger partial charge on any atom is -0.463 e. The Morgan fingerprint density at radius 2 is 1.63 bits per heavy atom. The van der Waals surface area contributed by atoms with Gasteiger partial charge in [-0.2, -0.15) is 8.78 Å². The summed E-state index contributed by atoms with van der Waals surface area (Å²) in [5.74, 6) is -8.22. The molecular formula is C23H20F6N2O4. The molecule has 0 saturated heterocycles. The van der Waals surface area contributed by atoms with Gasteiger partial charge in [0.15, 0.2) is 0 Å². The lowest BCUT2D eigenvalue weighted by Gasteiger charge is -2.23. The molecule has 2 aromatic carbocycles. The Bertz CT molecular complexity index is 1120. The van der Waals surface area contributed by atoms with Crippen molar-refractivity contribution in [3.8, 4) is 0 Å². The van der Waals surface area contributed by atoms with Crippen molar-refractivity contribution in [1.29, 1.82) is 0 Å². The Labute approximate surface area is 195 Å². The molecule has 2 N–H and O–H groups in total. The third kappa shape index (κ3) is 6.11. The number of hydrogen-bond donors (Lipinski definition) is 2. The fourth-order valence-electron chi connectivity index (χ4n) is 3.51. The van der Waals surface area contributed by atoms with Gasteiger partial charge in [-0.1, -0.05) is 18.2 Å². The van der Waals surface area contributed by atoms with Gasteiger partial charge >= 0.3 is 24.3 Å². The average molecular weight is 502 g/mol. The number of esters is 1. The van der Waals surface area contributed by atoms with Crippen molar-refractivity contribution in [2.75, 3.05) is 7.11 Å². The van der Waals surface area contributed by atoms with Crippen molar-refractivity contribution in [2.45, 2.75) is 43.2 Å².